The fourth-order valence-corrected chi connectivity index (χ4v) is 2.22. The molecule has 0 spiro atoms. The molecule has 0 aliphatic carbocycles. The Labute approximate surface area is 113 Å². The van der Waals surface area contributed by atoms with Crippen molar-refractivity contribution in [2.45, 2.75) is 6.42 Å². The van der Waals surface area contributed by atoms with Crippen molar-refractivity contribution >= 4 is 21.8 Å². The van der Waals surface area contributed by atoms with Gasteiger partial charge >= 0.3 is 0 Å². The minimum atomic E-state index is -3.37. The Morgan fingerprint density at radius 3 is 2.56 bits per heavy atom. The van der Waals surface area contributed by atoms with E-state index in [1.165, 1.54) is 14.1 Å². The number of methoxy groups -OCH3 is 1. The Balaban J connectivity index is 2.57. The number of hydrogen-bond donors (Lipinski definition) is 1. The Morgan fingerprint density at radius 1 is 1.39 bits per heavy atom. The summed E-state index contributed by atoms with van der Waals surface area (Å²) >= 11 is 5.98. The van der Waals surface area contributed by atoms with Crippen LogP contribution >= 0.6 is 11.6 Å². The van der Waals surface area contributed by atoms with Crippen LogP contribution in [0.1, 0.15) is 5.56 Å². The Morgan fingerprint density at radius 2 is 2.06 bits per heavy atom. The third kappa shape index (κ3) is 4.13. The Hall–Kier alpha value is -0.820. The highest BCUT2D eigenvalue weighted by Gasteiger charge is 2.11. The lowest BCUT2D eigenvalue weighted by molar-refractivity contribution is 0.415. The molecule has 5 nitrogen and oxygen atoms in total. The molecule has 0 radical (unpaired) electrons. The highest BCUT2D eigenvalue weighted by molar-refractivity contribution is 7.87. The first-order valence-electron chi connectivity index (χ1n) is 5.36. The average Bonchev–Trinajstić information content (AvgIpc) is 2.29. The number of benzene rings is 1. The second kappa shape index (κ2) is 6.38. The monoisotopic (exact) mass is 292 g/mol. The zero-order valence-electron chi connectivity index (χ0n) is 10.6. The van der Waals surface area contributed by atoms with Crippen molar-refractivity contribution in [1.29, 1.82) is 0 Å². The molecule has 18 heavy (non-hydrogen) atoms. The van der Waals surface area contributed by atoms with Crippen LogP contribution in [-0.4, -0.2) is 40.5 Å². The van der Waals surface area contributed by atoms with Crippen LogP contribution in [0.2, 0.25) is 5.02 Å². The van der Waals surface area contributed by atoms with E-state index in [-0.39, 0.29) is 0 Å². The summed E-state index contributed by atoms with van der Waals surface area (Å²) in [5.41, 5.74) is 0.947. The van der Waals surface area contributed by atoms with Crippen molar-refractivity contribution in [1.82, 2.24) is 9.03 Å². The van der Waals surface area contributed by atoms with E-state index < -0.39 is 10.2 Å². The molecule has 0 saturated heterocycles. The van der Waals surface area contributed by atoms with Crippen molar-refractivity contribution in [3.8, 4) is 5.75 Å². The molecule has 1 N–H and O–H groups in total. The van der Waals surface area contributed by atoms with E-state index >= 15 is 0 Å². The summed E-state index contributed by atoms with van der Waals surface area (Å²) in [6.45, 7) is 0.323. The van der Waals surface area contributed by atoms with Gasteiger partial charge in [-0.2, -0.15) is 12.7 Å². The number of rotatable bonds is 6. The van der Waals surface area contributed by atoms with Crippen LogP contribution in [0.15, 0.2) is 18.2 Å². The SMILES string of the molecule is COc1ccc(CCNS(=O)(=O)N(C)C)cc1Cl. The minimum Gasteiger partial charge on any atom is -0.495 e. The van der Waals surface area contributed by atoms with Gasteiger partial charge in [-0.3, -0.25) is 0 Å². The third-order valence-electron chi connectivity index (χ3n) is 2.40. The third-order valence-corrected chi connectivity index (χ3v) is 4.22. The van der Waals surface area contributed by atoms with E-state index in [1.807, 2.05) is 6.07 Å². The molecule has 0 saturated carbocycles. The van der Waals surface area contributed by atoms with E-state index in [9.17, 15) is 8.42 Å². The van der Waals surface area contributed by atoms with E-state index in [0.29, 0.717) is 23.7 Å². The van der Waals surface area contributed by atoms with E-state index in [2.05, 4.69) is 4.72 Å². The molecular weight excluding hydrogens is 276 g/mol. The number of nitrogens with zero attached hydrogens (tertiary/aromatic N) is 1. The molecule has 1 rings (SSSR count). The van der Waals surface area contributed by atoms with Crippen molar-refractivity contribution < 1.29 is 13.2 Å². The zero-order chi connectivity index (χ0) is 13.8. The average molecular weight is 293 g/mol. The van der Waals surface area contributed by atoms with Crippen molar-refractivity contribution in [3.05, 3.63) is 28.8 Å². The van der Waals surface area contributed by atoms with Gasteiger partial charge in [0.05, 0.1) is 12.1 Å². The molecule has 0 fully saturated rings. The van der Waals surface area contributed by atoms with Crippen LogP contribution in [0.3, 0.4) is 0 Å². The van der Waals surface area contributed by atoms with Gasteiger partial charge in [0.1, 0.15) is 5.75 Å². The van der Waals surface area contributed by atoms with Gasteiger partial charge in [0.15, 0.2) is 0 Å². The number of halogens is 1. The molecule has 1 aromatic rings. The predicted octanol–water partition coefficient (Wildman–Crippen LogP) is 1.29. The zero-order valence-corrected chi connectivity index (χ0v) is 12.2. The number of ether oxygens (including phenoxy) is 1. The maximum atomic E-state index is 11.5. The van der Waals surface area contributed by atoms with Gasteiger partial charge in [0.25, 0.3) is 10.2 Å². The summed E-state index contributed by atoms with van der Waals surface area (Å²) in [7, 11) is 1.14. The van der Waals surface area contributed by atoms with Gasteiger partial charge in [0, 0.05) is 20.6 Å². The van der Waals surface area contributed by atoms with Gasteiger partial charge in [-0.25, -0.2) is 4.72 Å². The van der Waals surface area contributed by atoms with Crippen molar-refractivity contribution in [2.24, 2.45) is 0 Å². The first kappa shape index (κ1) is 15.2. The maximum Gasteiger partial charge on any atom is 0.278 e. The summed E-state index contributed by atoms with van der Waals surface area (Å²) in [5.74, 6) is 0.606. The second-order valence-corrected chi connectivity index (χ2v) is 6.28. The van der Waals surface area contributed by atoms with Gasteiger partial charge in [0.2, 0.25) is 0 Å². The summed E-state index contributed by atoms with van der Waals surface area (Å²) in [6, 6.07) is 5.39. The lowest BCUT2D eigenvalue weighted by atomic mass is 10.1. The molecule has 1 aromatic carbocycles. The molecule has 0 unspecified atom stereocenters. The van der Waals surface area contributed by atoms with Crippen LogP contribution in [0.25, 0.3) is 0 Å². The van der Waals surface area contributed by atoms with E-state index in [0.717, 1.165) is 9.87 Å². The molecule has 0 heterocycles. The van der Waals surface area contributed by atoms with Gasteiger partial charge in [-0.05, 0) is 24.1 Å². The van der Waals surface area contributed by atoms with Crippen LogP contribution in [-0.2, 0) is 16.6 Å². The first-order valence-corrected chi connectivity index (χ1v) is 7.18. The maximum absolute atomic E-state index is 11.5. The Bertz CT molecular complexity index is 503. The Kier molecular flexibility index (Phi) is 5.40. The van der Waals surface area contributed by atoms with Crippen LogP contribution in [0.4, 0.5) is 0 Å². The van der Waals surface area contributed by atoms with Gasteiger partial charge in [-0.15, -0.1) is 0 Å². The van der Waals surface area contributed by atoms with Crippen molar-refractivity contribution in [2.75, 3.05) is 27.7 Å². The fourth-order valence-electron chi connectivity index (χ4n) is 1.32. The molecular formula is C11H17ClN2O3S. The van der Waals surface area contributed by atoms with Crippen molar-refractivity contribution in [3.63, 3.8) is 0 Å². The summed E-state index contributed by atoms with van der Waals surface area (Å²) in [6.07, 6.45) is 0.566. The molecule has 102 valence electrons. The summed E-state index contributed by atoms with van der Waals surface area (Å²) in [5, 5.41) is 0.519. The first-order chi connectivity index (χ1) is 8.36. The van der Waals surface area contributed by atoms with Crippen LogP contribution in [0, 0.1) is 0 Å². The standard InChI is InChI=1S/C11H17ClN2O3S/c1-14(2)18(15,16)13-7-6-9-4-5-11(17-3)10(12)8-9/h4-5,8,13H,6-7H2,1-3H3. The minimum absolute atomic E-state index is 0.323. The number of nitrogens with one attached hydrogen (secondary N) is 1. The van der Waals surface area contributed by atoms with Gasteiger partial charge < -0.3 is 4.74 Å². The van der Waals surface area contributed by atoms with Crippen LogP contribution in [0.5, 0.6) is 5.75 Å². The summed E-state index contributed by atoms with van der Waals surface area (Å²) < 4.78 is 31.6. The summed E-state index contributed by atoms with van der Waals surface area (Å²) in [4.78, 5) is 0. The normalized spacial score (nSPS) is 11.8. The number of hydrogen-bond acceptors (Lipinski definition) is 3. The lowest BCUT2D eigenvalue weighted by Gasteiger charge is -2.12. The molecule has 0 aliphatic heterocycles. The smallest absolute Gasteiger partial charge is 0.278 e. The largest absolute Gasteiger partial charge is 0.495 e. The topological polar surface area (TPSA) is 58.6 Å². The molecule has 0 aromatic heterocycles. The van der Waals surface area contributed by atoms with E-state index in [4.69, 9.17) is 16.3 Å². The highest BCUT2D eigenvalue weighted by atomic mass is 35.5. The molecule has 7 heteroatoms. The van der Waals surface area contributed by atoms with Gasteiger partial charge in [-0.1, -0.05) is 17.7 Å². The molecule has 0 aliphatic rings. The molecule has 0 atom stereocenters. The highest BCUT2D eigenvalue weighted by Crippen LogP contribution is 2.24. The van der Waals surface area contributed by atoms with E-state index in [1.54, 1.807) is 19.2 Å². The molecule has 0 bridgehead atoms. The fraction of sp³-hybridized carbons (Fsp3) is 0.455. The molecule has 0 amide bonds. The van der Waals surface area contributed by atoms with Crippen LogP contribution < -0.4 is 9.46 Å². The second-order valence-electron chi connectivity index (χ2n) is 3.90. The quantitative estimate of drug-likeness (QED) is 0.859. The predicted molar refractivity (Wildman–Crippen MR) is 72.3 cm³/mol. The lowest BCUT2D eigenvalue weighted by Crippen LogP contribution is -2.36.